The zero-order valence-electron chi connectivity index (χ0n) is 11.1. The summed E-state index contributed by atoms with van der Waals surface area (Å²) >= 11 is 0. The molecule has 0 saturated carbocycles. The molecule has 1 aromatic heterocycles. The Morgan fingerprint density at radius 2 is 2.00 bits per heavy atom. The molecule has 19 heavy (non-hydrogen) atoms. The van der Waals surface area contributed by atoms with Crippen LogP contribution in [0.1, 0.15) is 36.9 Å². The normalized spacial score (nSPS) is 15.1. The van der Waals surface area contributed by atoms with E-state index in [1.807, 2.05) is 12.4 Å². The van der Waals surface area contributed by atoms with Crippen LogP contribution in [0, 0.1) is 0 Å². The standard InChI is InChI=1S/C17H19N2/c1-3-7-15(8-4-1)14-19-12-11-18-13-17(19)16-9-5-2-6-10-16/h1,3-4,7-9,11-13H,2,5-6,10,14H2/q+1. The van der Waals surface area contributed by atoms with Gasteiger partial charge in [-0.1, -0.05) is 36.4 Å². The van der Waals surface area contributed by atoms with Crippen molar-refractivity contribution >= 4 is 5.57 Å². The zero-order chi connectivity index (χ0) is 12.9. The number of hydrogen-bond acceptors (Lipinski definition) is 1. The molecule has 1 aliphatic carbocycles. The number of allylic oxidation sites excluding steroid dienone is 2. The van der Waals surface area contributed by atoms with Crippen molar-refractivity contribution in [1.29, 1.82) is 0 Å². The van der Waals surface area contributed by atoms with E-state index in [2.05, 4.69) is 52.2 Å². The van der Waals surface area contributed by atoms with Crippen molar-refractivity contribution in [3.63, 3.8) is 0 Å². The van der Waals surface area contributed by atoms with Gasteiger partial charge >= 0.3 is 0 Å². The average Bonchev–Trinajstić information content (AvgIpc) is 2.50. The highest BCUT2D eigenvalue weighted by Gasteiger charge is 2.17. The highest BCUT2D eigenvalue weighted by atomic mass is 15.0. The van der Waals surface area contributed by atoms with Crippen molar-refractivity contribution < 1.29 is 4.57 Å². The van der Waals surface area contributed by atoms with E-state index in [0.29, 0.717) is 0 Å². The lowest BCUT2D eigenvalue weighted by atomic mass is 9.97. The van der Waals surface area contributed by atoms with Crippen molar-refractivity contribution in [2.75, 3.05) is 0 Å². The first-order valence-electron chi connectivity index (χ1n) is 7.00. The minimum Gasteiger partial charge on any atom is -0.252 e. The maximum Gasteiger partial charge on any atom is 0.226 e. The molecule has 0 atom stereocenters. The molecule has 0 amide bonds. The molecule has 0 fully saturated rings. The first kappa shape index (κ1) is 12.1. The fourth-order valence-electron chi connectivity index (χ4n) is 2.64. The zero-order valence-corrected chi connectivity index (χ0v) is 11.1. The second-order valence-corrected chi connectivity index (χ2v) is 5.05. The highest BCUT2D eigenvalue weighted by Crippen LogP contribution is 2.24. The monoisotopic (exact) mass is 251 g/mol. The van der Waals surface area contributed by atoms with E-state index in [1.54, 1.807) is 0 Å². The van der Waals surface area contributed by atoms with E-state index in [4.69, 9.17) is 0 Å². The lowest BCUT2D eigenvalue weighted by molar-refractivity contribution is -0.691. The third-order valence-electron chi connectivity index (χ3n) is 3.65. The SMILES string of the molecule is C1=C(c2cncc[n+]2Cc2ccccc2)CCCC1. The quantitative estimate of drug-likeness (QED) is 0.764. The van der Waals surface area contributed by atoms with E-state index in [-0.39, 0.29) is 0 Å². The molecule has 0 unspecified atom stereocenters. The van der Waals surface area contributed by atoms with Gasteiger partial charge in [-0.05, 0) is 25.7 Å². The summed E-state index contributed by atoms with van der Waals surface area (Å²) in [6.07, 6.45) is 13.3. The molecule has 1 heterocycles. The predicted molar refractivity (Wildman–Crippen MR) is 76.4 cm³/mol. The molecule has 2 aromatic rings. The van der Waals surface area contributed by atoms with E-state index in [0.717, 1.165) is 6.54 Å². The molecule has 3 rings (SSSR count). The van der Waals surface area contributed by atoms with Crippen LogP contribution < -0.4 is 4.57 Å². The molecular formula is C17H19N2+. The van der Waals surface area contributed by atoms with E-state index in [9.17, 15) is 0 Å². The maximum atomic E-state index is 4.30. The smallest absolute Gasteiger partial charge is 0.226 e. The third kappa shape index (κ3) is 2.90. The predicted octanol–water partition coefficient (Wildman–Crippen LogP) is 3.37. The molecule has 0 radical (unpaired) electrons. The van der Waals surface area contributed by atoms with Crippen molar-refractivity contribution in [3.05, 3.63) is 66.3 Å². The van der Waals surface area contributed by atoms with Crippen molar-refractivity contribution in [1.82, 2.24) is 4.98 Å². The molecule has 0 spiro atoms. The van der Waals surface area contributed by atoms with Gasteiger partial charge in [0.25, 0.3) is 0 Å². The van der Waals surface area contributed by atoms with Crippen LogP contribution in [0.2, 0.25) is 0 Å². The summed E-state index contributed by atoms with van der Waals surface area (Å²) in [4.78, 5) is 4.30. The minimum atomic E-state index is 0.913. The van der Waals surface area contributed by atoms with Gasteiger partial charge in [0.1, 0.15) is 0 Å². The molecule has 0 saturated heterocycles. The number of hydrogen-bond donors (Lipinski definition) is 0. The Bertz CT molecular complexity index is 573. The largest absolute Gasteiger partial charge is 0.252 e. The van der Waals surface area contributed by atoms with Crippen LogP contribution in [0.4, 0.5) is 0 Å². The van der Waals surface area contributed by atoms with Gasteiger partial charge in [-0.15, -0.1) is 0 Å². The Morgan fingerprint density at radius 1 is 1.11 bits per heavy atom. The Balaban J connectivity index is 1.91. The molecular weight excluding hydrogens is 232 g/mol. The Hall–Kier alpha value is -1.96. The molecule has 0 N–H and O–H groups in total. The van der Waals surface area contributed by atoms with Crippen LogP contribution in [-0.4, -0.2) is 4.98 Å². The summed E-state index contributed by atoms with van der Waals surface area (Å²) in [6.45, 7) is 0.913. The Morgan fingerprint density at radius 3 is 2.79 bits per heavy atom. The fourth-order valence-corrected chi connectivity index (χ4v) is 2.64. The van der Waals surface area contributed by atoms with Gasteiger partial charge in [-0.3, -0.25) is 4.98 Å². The summed E-state index contributed by atoms with van der Waals surface area (Å²) in [6, 6.07) is 10.6. The number of nitrogens with zero attached hydrogens (tertiary/aromatic N) is 2. The lowest BCUT2D eigenvalue weighted by Gasteiger charge is -2.11. The Labute approximate surface area is 114 Å². The molecule has 0 bridgehead atoms. The van der Waals surface area contributed by atoms with Gasteiger partial charge in [0.15, 0.2) is 12.7 Å². The number of rotatable bonds is 3. The number of aromatic nitrogens is 2. The highest BCUT2D eigenvalue weighted by molar-refractivity contribution is 5.60. The second kappa shape index (κ2) is 5.79. The number of benzene rings is 1. The molecule has 0 aliphatic heterocycles. The van der Waals surface area contributed by atoms with Gasteiger partial charge < -0.3 is 0 Å². The summed E-state index contributed by atoms with van der Waals surface area (Å²) in [5.74, 6) is 0. The van der Waals surface area contributed by atoms with Crippen LogP contribution in [0.25, 0.3) is 5.57 Å². The molecule has 2 heteroatoms. The van der Waals surface area contributed by atoms with Crippen LogP contribution in [-0.2, 0) is 6.54 Å². The van der Waals surface area contributed by atoms with Gasteiger partial charge in [-0.25, -0.2) is 0 Å². The summed E-state index contributed by atoms with van der Waals surface area (Å²) in [7, 11) is 0. The van der Waals surface area contributed by atoms with E-state index in [1.165, 1.54) is 42.5 Å². The summed E-state index contributed by atoms with van der Waals surface area (Å²) in [5.41, 5.74) is 4.05. The second-order valence-electron chi connectivity index (χ2n) is 5.05. The minimum absolute atomic E-state index is 0.913. The topological polar surface area (TPSA) is 16.8 Å². The van der Waals surface area contributed by atoms with Gasteiger partial charge in [0.05, 0.1) is 12.4 Å². The molecule has 1 aromatic carbocycles. The van der Waals surface area contributed by atoms with Crippen molar-refractivity contribution in [2.45, 2.75) is 32.2 Å². The van der Waals surface area contributed by atoms with Gasteiger partial charge in [0, 0.05) is 11.1 Å². The van der Waals surface area contributed by atoms with Crippen molar-refractivity contribution in [3.8, 4) is 0 Å². The van der Waals surface area contributed by atoms with Crippen LogP contribution in [0.15, 0.2) is 55.0 Å². The molecule has 1 aliphatic rings. The first-order valence-corrected chi connectivity index (χ1v) is 7.00. The lowest BCUT2D eigenvalue weighted by Crippen LogP contribution is -2.38. The molecule has 2 nitrogen and oxygen atoms in total. The summed E-state index contributed by atoms with van der Waals surface area (Å²) in [5, 5.41) is 0. The van der Waals surface area contributed by atoms with Crippen LogP contribution in [0.5, 0.6) is 0 Å². The molecule has 96 valence electrons. The first-order chi connectivity index (χ1) is 9.43. The van der Waals surface area contributed by atoms with E-state index >= 15 is 0 Å². The van der Waals surface area contributed by atoms with E-state index < -0.39 is 0 Å². The summed E-state index contributed by atoms with van der Waals surface area (Å²) < 4.78 is 2.31. The van der Waals surface area contributed by atoms with Crippen LogP contribution >= 0.6 is 0 Å². The third-order valence-corrected chi connectivity index (χ3v) is 3.65. The average molecular weight is 251 g/mol. The Kier molecular flexibility index (Phi) is 3.68. The van der Waals surface area contributed by atoms with Gasteiger partial charge in [-0.2, -0.15) is 4.57 Å². The fraction of sp³-hybridized carbons (Fsp3) is 0.294. The van der Waals surface area contributed by atoms with Gasteiger partial charge in [0.2, 0.25) is 5.69 Å². The maximum absolute atomic E-state index is 4.30. The van der Waals surface area contributed by atoms with Crippen molar-refractivity contribution in [2.24, 2.45) is 0 Å². The van der Waals surface area contributed by atoms with Crippen LogP contribution in [0.3, 0.4) is 0 Å².